The van der Waals surface area contributed by atoms with Gasteiger partial charge in [-0.3, -0.25) is 4.79 Å². The van der Waals surface area contributed by atoms with Crippen molar-refractivity contribution in [1.29, 1.82) is 0 Å². The van der Waals surface area contributed by atoms with E-state index in [9.17, 15) is 9.18 Å². The molecule has 23 heavy (non-hydrogen) atoms. The van der Waals surface area contributed by atoms with Gasteiger partial charge in [0, 0.05) is 11.4 Å². The van der Waals surface area contributed by atoms with Crippen LogP contribution >= 0.6 is 23.2 Å². The Hall–Kier alpha value is -1.98. The maximum atomic E-state index is 13.1. The Morgan fingerprint density at radius 3 is 2.39 bits per heavy atom. The summed E-state index contributed by atoms with van der Waals surface area (Å²) >= 11 is 11.7. The maximum Gasteiger partial charge on any atom is 0.246 e. The van der Waals surface area contributed by atoms with Crippen LogP contribution < -0.4 is 15.4 Å². The predicted molar refractivity (Wildman–Crippen MR) is 91.1 cm³/mol. The zero-order chi connectivity index (χ0) is 17.0. The summed E-state index contributed by atoms with van der Waals surface area (Å²) in [7, 11) is 1.53. The summed E-state index contributed by atoms with van der Waals surface area (Å²) < 4.78 is 18.2. The number of ether oxygens (including phenoxy) is 1. The fourth-order valence-electron chi connectivity index (χ4n) is 1.90. The molecule has 0 saturated heterocycles. The fraction of sp³-hybridized carbons (Fsp3) is 0.188. The molecule has 7 heteroatoms. The lowest BCUT2D eigenvalue weighted by Gasteiger charge is -2.16. The van der Waals surface area contributed by atoms with Crippen LogP contribution in [0.15, 0.2) is 36.4 Å². The molecule has 122 valence electrons. The van der Waals surface area contributed by atoms with E-state index in [-0.39, 0.29) is 10.9 Å². The zero-order valence-electron chi connectivity index (χ0n) is 12.5. The van der Waals surface area contributed by atoms with Crippen molar-refractivity contribution in [2.45, 2.75) is 13.0 Å². The van der Waals surface area contributed by atoms with Crippen LogP contribution in [-0.2, 0) is 4.79 Å². The molecule has 0 radical (unpaired) electrons. The van der Waals surface area contributed by atoms with E-state index in [4.69, 9.17) is 27.9 Å². The molecule has 2 rings (SSSR count). The van der Waals surface area contributed by atoms with E-state index in [0.29, 0.717) is 22.1 Å². The van der Waals surface area contributed by atoms with Crippen LogP contribution in [0.4, 0.5) is 15.8 Å². The molecule has 0 aliphatic carbocycles. The average Bonchev–Trinajstić information content (AvgIpc) is 2.51. The van der Waals surface area contributed by atoms with Crippen LogP contribution in [-0.4, -0.2) is 19.1 Å². The van der Waals surface area contributed by atoms with Gasteiger partial charge in [0.25, 0.3) is 0 Å². The largest absolute Gasteiger partial charge is 0.495 e. The van der Waals surface area contributed by atoms with E-state index in [1.165, 1.54) is 25.3 Å². The van der Waals surface area contributed by atoms with Gasteiger partial charge in [-0.05, 0) is 43.3 Å². The number of benzene rings is 2. The standard InChI is InChI=1S/C16H15Cl2FN2O2/c1-9(20-10-4-6-15(23-2)13(18)8-10)16(22)21-11-3-5-14(19)12(17)7-11/h3-9,20H,1-2H3,(H,21,22). The summed E-state index contributed by atoms with van der Waals surface area (Å²) in [4.78, 5) is 12.2. The Balaban J connectivity index is 2.02. The number of carbonyl (C=O) groups excluding carboxylic acids is 1. The highest BCUT2D eigenvalue weighted by Gasteiger charge is 2.14. The molecule has 0 aromatic heterocycles. The van der Waals surface area contributed by atoms with E-state index in [1.807, 2.05) is 0 Å². The molecule has 0 aliphatic heterocycles. The summed E-state index contributed by atoms with van der Waals surface area (Å²) in [6.45, 7) is 1.69. The molecule has 2 aromatic rings. The number of hydrogen-bond donors (Lipinski definition) is 2. The van der Waals surface area contributed by atoms with Crippen LogP contribution in [0, 0.1) is 5.82 Å². The van der Waals surface area contributed by atoms with Crippen LogP contribution in [0.1, 0.15) is 6.92 Å². The molecular weight excluding hydrogens is 342 g/mol. The summed E-state index contributed by atoms with van der Waals surface area (Å²) in [5.74, 6) is -0.279. The van der Waals surface area contributed by atoms with Crippen molar-refractivity contribution in [2.24, 2.45) is 0 Å². The highest BCUT2D eigenvalue weighted by atomic mass is 35.5. The maximum absolute atomic E-state index is 13.1. The van der Waals surface area contributed by atoms with Crippen LogP contribution in [0.3, 0.4) is 0 Å². The van der Waals surface area contributed by atoms with Crippen molar-refractivity contribution in [1.82, 2.24) is 0 Å². The first kappa shape index (κ1) is 17.4. The molecule has 1 atom stereocenters. The lowest BCUT2D eigenvalue weighted by atomic mass is 10.2. The monoisotopic (exact) mass is 356 g/mol. The van der Waals surface area contributed by atoms with Crippen LogP contribution in [0.2, 0.25) is 10.0 Å². The van der Waals surface area contributed by atoms with Gasteiger partial charge < -0.3 is 15.4 Å². The first-order valence-corrected chi connectivity index (χ1v) is 7.52. The van der Waals surface area contributed by atoms with Crippen LogP contribution in [0.25, 0.3) is 0 Å². The lowest BCUT2D eigenvalue weighted by Crippen LogP contribution is -2.31. The Labute approximate surface area is 143 Å². The Kier molecular flexibility index (Phi) is 5.69. The van der Waals surface area contributed by atoms with Gasteiger partial charge in [-0.1, -0.05) is 23.2 Å². The molecule has 1 amide bonds. The lowest BCUT2D eigenvalue weighted by molar-refractivity contribution is -0.116. The third kappa shape index (κ3) is 4.50. The second kappa shape index (κ2) is 7.53. The quantitative estimate of drug-likeness (QED) is 0.824. The highest BCUT2D eigenvalue weighted by Crippen LogP contribution is 2.27. The molecule has 4 nitrogen and oxygen atoms in total. The first-order chi connectivity index (χ1) is 10.9. The molecule has 0 aliphatic rings. The average molecular weight is 357 g/mol. The molecule has 2 aromatic carbocycles. The van der Waals surface area contributed by atoms with Gasteiger partial charge in [0.05, 0.1) is 17.2 Å². The Morgan fingerprint density at radius 1 is 1.13 bits per heavy atom. The minimum absolute atomic E-state index is 0.0506. The zero-order valence-corrected chi connectivity index (χ0v) is 14.0. The van der Waals surface area contributed by atoms with E-state index >= 15 is 0 Å². The van der Waals surface area contributed by atoms with E-state index in [0.717, 1.165) is 0 Å². The van der Waals surface area contributed by atoms with Gasteiger partial charge >= 0.3 is 0 Å². The third-order valence-corrected chi connectivity index (χ3v) is 3.70. The van der Waals surface area contributed by atoms with Gasteiger partial charge in [0.15, 0.2) is 0 Å². The van der Waals surface area contributed by atoms with E-state index < -0.39 is 11.9 Å². The number of anilines is 2. The predicted octanol–water partition coefficient (Wildman–Crippen LogP) is 4.58. The number of methoxy groups -OCH3 is 1. The summed E-state index contributed by atoms with van der Waals surface area (Å²) in [6.07, 6.45) is 0. The molecule has 2 N–H and O–H groups in total. The van der Waals surface area contributed by atoms with Crippen molar-refractivity contribution < 1.29 is 13.9 Å². The Morgan fingerprint density at radius 2 is 1.78 bits per heavy atom. The SMILES string of the molecule is COc1ccc(NC(C)C(=O)Nc2ccc(F)c(Cl)c2)cc1Cl. The van der Waals surface area contributed by atoms with Crippen LogP contribution in [0.5, 0.6) is 5.75 Å². The molecule has 1 unspecified atom stereocenters. The summed E-state index contributed by atoms with van der Waals surface area (Å²) in [6, 6.07) is 8.57. The molecule has 0 heterocycles. The third-order valence-electron chi connectivity index (χ3n) is 3.12. The topological polar surface area (TPSA) is 50.4 Å². The first-order valence-electron chi connectivity index (χ1n) is 6.76. The van der Waals surface area contributed by atoms with Gasteiger partial charge in [0.2, 0.25) is 5.91 Å². The van der Waals surface area contributed by atoms with E-state index in [2.05, 4.69) is 10.6 Å². The number of hydrogen-bond acceptors (Lipinski definition) is 3. The number of halogens is 3. The molecule has 0 spiro atoms. The number of carbonyl (C=O) groups is 1. The molecule has 0 saturated carbocycles. The summed E-state index contributed by atoms with van der Waals surface area (Å²) in [5, 5.41) is 6.07. The number of nitrogens with one attached hydrogen (secondary N) is 2. The number of rotatable bonds is 5. The van der Waals surface area contributed by atoms with Crippen molar-refractivity contribution in [2.75, 3.05) is 17.7 Å². The van der Waals surface area contributed by atoms with Gasteiger partial charge in [-0.25, -0.2) is 4.39 Å². The number of amides is 1. The minimum atomic E-state index is -0.539. The highest BCUT2D eigenvalue weighted by molar-refractivity contribution is 6.32. The van der Waals surface area contributed by atoms with Crippen molar-refractivity contribution >= 4 is 40.5 Å². The van der Waals surface area contributed by atoms with Crippen molar-refractivity contribution in [3.63, 3.8) is 0 Å². The second-order valence-electron chi connectivity index (χ2n) is 4.83. The summed E-state index contributed by atoms with van der Waals surface area (Å²) in [5.41, 5.74) is 1.10. The van der Waals surface area contributed by atoms with Crippen molar-refractivity contribution in [3.8, 4) is 5.75 Å². The second-order valence-corrected chi connectivity index (χ2v) is 5.65. The van der Waals surface area contributed by atoms with Gasteiger partial charge in [0.1, 0.15) is 17.6 Å². The normalized spacial score (nSPS) is 11.7. The van der Waals surface area contributed by atoms with Gasteiger partial charge in [-0.2, -0.15) is 0 Å². The molecular formula is C16H15Cl2FN2O2. The molecule has 0 fully saturated rings. The smallest absolute Gasteiger partial charge is 0.246 e. The Bertz CT molecular complexity index is 725. The van der Waals surface area contributed by atoms with E-state index in [1.54, 1.807) is 25.1 Å². The van der Waals surface area contributed by atoms with Gasteiger partial charge in [-0.15, -0.1) is 0 Å². The molecule has 0 bridgehead atoms. The fourth-order valence-corrected chi connectivity index (χ4v) is 2.33. The minimum Gasteiger partial charge on any atom is -0.495 e. The van der Waals surface area contributed by atoms with Crippen molar-refractivity contribution in [3.05, 3.63) is 52.3 Å².